The molecule has 2 nitrogen and oxygen atoms in total. The summed E-state index contributed by atoms with van der Waals surface area (Å²) in [6, 6.07) is 75.7. The molecule has 0 unspecified atom stereocenters. The highest BCUT2D eigenvalue weighted by Gasteiger charge is 2.31. The zero-order valence-electron chi connectivity index (χ0n) is 31.2. The second-order valence-corrected chi connectivity index (χ2v) is 15.3. The smallest absolute Gasteiger partial charge is 0.0622 e. The third-order valence-corrected chi connectivity index (χ3v) is 12.1. The van der Waals surface area contributed by atoms with Gasteiger partial charge in [0.15, 0.2) is 0 Å². The molecule has 9 aromatic carbocycles. The zero-order valence-corrected chi connectivity index (χ0v) is 31.2. The van der Waals surface area contributed by atoms with Gasteiger partial charge < -0.3 is 9.47 Å². The van der Waals surface area contributed by atoms with E-state index in [1.54, 1.807) is 0 Å². The van der Waals surface area contributed by atoms with Crippen molar-refractivity contribution in [3.8, 4) is 61.3 Å². The maximum atomic E-state index is 2.54. The van der Waals surface area contributed by atoms with E-state index < -0.39 is 0 Å². The quantitative estimate of drug-likeness (QED) is 0.166. The minimum atomic E-state index is 0.974. The monoisotopic (exact) mass is 724 g/mol. The Balaban J connectivity index is 1.01. The summed E-state index contributed by atoms with van der Waals surface area (Å²) < 4.78 is 2.54. The summed E-state index contributed by atoms with van der Waals surface area (Å²) in [4.78, 5) is 2.38. The first kappa shape index (κ1) is 31.9. The second-order valence-electron chi connectivity index (χ2n) is 15.3. The van der Waals surface area contributed by atoms with E-state index in [9.17, 15) is 0 Å². The molecule has 2 aliphatic rings. The van der Waals surface area contributed by atoms with Gasteiger partial charge in [0, 0.05) is 39.0 Å². The molecule has 0 spiro atoms. The van der Waals surface area contributed by atoms with Crippen LogP contribution in [-0.2, 0) is 6.42 Å². The van der Waals surface area contributed by atoms with Crippen LogP contribution in [0.5, 0.6) is 0 Å². The maximum absolute atomic E-state index is 2.54. The molecule has 1 aromatic heterocycles. The Hall–Kier alpha value is -7.42. The predicted octanol–water partition coefficient (Wildman–Crippen LogP) is 14.8. The number of hydrogen-bond donors (Lipinski definition) is 0. The Bertz CT molecular complexity index is 3090. The van der Waals surface area contributed by atoms with Crippen LogP contribution in [0.3, 0.4) is 0 Å². The number of nitrogens with zero attached hydrogens (tertiary/aromatic N) is 2. The first-order valence-corrected chi connectivity index (χ1v) is 19.8. The van der Waals surface area contributed by atoms with Crippen molar-refractivity contribution in [3.05, 3.63) is 217 Å². The molecule has 57 heavy (non-hydrogen) atoms. The van der Waals surface area contributed by atoms with E-state index in [1.807, 2.05) is 0 Å². The molecular formula is C55H36N2. The summed E-state index contributed by atoms with van der Waals surface area (Å²) in [6.07, 6.45) is 0.974. The van der Waals surface area contributed by atoms with Crippen LogP contribution in [0.15, 0.2) is 206 Å². The molecule has 10 aromatic rings. The van der Waals surface area contributed by atoms with Crippen LogP contribution in [0.2, 0.25) is 0 Å². The van der Waals surface area contributed by atoms with E-state index in [-0.39, 0.29) is 0 Å². The van der Waals surface area contributed by atoms with Gasteiger partial charge in [-0.3, -0.25) is 0 Å². The fourth-order valence-electron chi connectivity index (χ4n) is 9.51. The first-order valence-electron chi connectivity index (χ1n) is 19.8. The fraction of sp³-hybridized carbons (Fsp3) is 0.0182. The van der Waals surface area contributed by atoms with E-state index in [0.717, 1.165) is 23.5 Å². The molecule has 0 amide bonds. The number of fused-ring (bicyclic) bond motifs is 6. The van der Waals surface area contributed by atoms with Crippen molar-refractivity contribution in [3.63, 3.8) is 0 Å². The highest BCUT2D eigenvalue weighted by molar-refractivity contribution is 6.18. The van der Waals surface area contributed by atoms with E-state index in [4.69, 9.17) is 0 Å². The molecule has 0 bridgehead atoms. The lowest BCUT2D eigenvalue weighted by atomic mass is 9.91. The topological polar surface area (TPSA) is 8.17 Å². The second kappa shape index (κ2) is 12.6. The standard InChI is InChI=1S/C55H36N2/c1-3-11-36(12-4-1)38-21-27-44(28-22-38)56(45-29-23-39(24-30-45)37-13-5-2-6-14-37)46-17-9-15-40(34-46)41-26-32-52-50(35-41)48-19-10-16-42-33-43-25-31-49-47-18-7-8-20-51(47)57(52)55(49)54(43)53(42)48/h1-32,34-35H,33H2. The minimum absolute atomic E-state index is 0.974. The van der Waals surface area contributed by atoms with Crippen LogP contribution in [0.25, 0.3) is 83.1 Å². The molecule has 12 rings (SSSR count). The van der Waals surface area contributed by atoms with Crippen molar-refractivity contribution in [2.24, 2.45) is 0 Å². The molecule has 0 saturated heterocycles. The van der Waals surface area contributed by atoms with E-state index in [1.165, 1.54) is 94.3 Å². The van der Waals surface area contributed by atoms with E-state index in [2.05, 4.69) is 216 Å². The molecular weight excluding hydrogens is 689 g/mol. The first-order chi connectivity index (χ1) is 28.3. The van der Waals surface area contributed by atoms with E-state index in [0.29, 0.717) is 0 Å². The summed E-state index contributed by atoms with van der Waals surface area (Å²) in [6.45, 7) is 0. The minimum Gasteiger partial charge on any atom is -0.310 e. The summed E-state index contributed by atoms with van der Waals surface area (Å²) in [5.74, 6) is 0. The molecule has 1 aliphatic carbocycles. The molecule has 0 atom stereocenters. The SMILES string of the molecule is c1ccc(-c2ccc(N(c3ccc(-c4ccccc4)cc3)c3cccc(-c4ccc5c(c4)-c4cccc6c4-c4c(ccc7c8ccccc8n-5c47)C6)c3)cc2)cc1. The maximum Gasteiger partial charge on any atom is 0.0622 e. The summed E-state index contributed by atoms with van der Waals surface area (Å²) in [5.41, 5.74) is 22.6. The van der Waals surface area contributed by atoms with Crippen LogP contribution in [-0.4, -0.2) is 4.57 Å². The van der Waals surface area contributed by atoms with Crippen molar-refractivity contribution >= 4 is 38.9 Å². The molecule has 0 fully saturated rings. The third kappa shape index (κ3) is 4.97. The van der Waals surface area contributed by atoms with Crippen molar-refractivity contribution in [2.45, 2.75) is 6.42 Å². The highest BCUT2D eigenvalue weighted by Crippen LogP contribution is 2.53. The molecule has 266 valence electrons. The number of para-hydroxylation sites is 1. The largest absolute Gasteiger partial charge is 0.310 e. The Morgan fingerprint density at radius 2 is 0.930 bits per heavy atom. The van der Waals surface area contributed by atoms with Crippen LogP contribution in [0, 0.1) is 0 Å². The molecule has 0 radical (unpaired) electrons. The number of benzene rings is 9. The van der Waals surface area contributed by atoms with Gasteiger partial charge in [0.05, 0.1) is 16.7 Å². The molecule has 1 aliphatic heterocycles. The average molecular weight is 725 g/mol. The highest BCUT2D eigenvalue weighted by atomic mass is 15.1. The van der Waals surface area contributed by atoms with Crippen LogP contribution in [0.4, 0.5) is 17.1 Å². The lowest BCUT2D eigenvalue weighted by Gasteiger charge is -2.26. The summed E-state index contributed by atoms with van der Waals surface area (Å²) in [7, 11) is 0. The number of anilines is 3. The van der Waals surface area contributed by atoms with Crippen LogP contribution >= 0.6 is 0 Å². The number of rotatable bonds is 6. The summed E-state index contributed by atoms with van der Waals surface area (Å²) in [5, 5.41) is 2.63. The lowest BCUT2D eigenvalue weighted by Crippen LogP contribution is -2.10. The Morgan fingerprint density at radius 3 is 1.65 bits per heavy atom. The Morgan fingerprint density at radius 1 is 0.351 bits per heavy atom. The fourth-order valence-corrected chi connectivity index (χ4v) is 9.51. The zero-order chi connectivity index (χ0) is 37.5. The van der Waals surface area contributed by atoms with Gasteiger partial charge in [0.1, 0.15) is 0 Å². The molecule has 2 heterocycles. The van der Waals surface area contributed by atoms with Gasteiger partial charge in [-0.25, -0.2) is 0 Å². The van der Waals surface area contributed by atoms with Crippen LogP contribution in [0.1, 0.15) is 11.1 Å². The van der Waals surface area contributed by atoms with Gasteiger partial charge in [-0.2, -0.15) is 0 Å². The molecule has 0 N–H and O–H groups in total. The Kier molecular flexibility index (Phi) is 7.02. The normalized spacial score (nSPS) is 12.1. The predicted molar refractivity (Wildman–Crippen MR) is 239 cm³/mol. The van der Waals surface area contributed by atoms with Gasteiger partial charge in [0.25, 0.3) is 0 Å². The van der Waals surface area contributed by atoms with Crippen molar-refractivity contribution in [1.82, 2.24) is 4.57 Å². The van der Waals surface area contributed by atoms with Gasteiger partial charge in [-0.05, 0) is 117 Å². The van der Waals surface area contributed by atoms with Crippen molar-refractivity contribution < 1.29 is 0 Å². The van der Waals surface area contributed by atoms with Gasteiger partial charge in [-0.15, -0.1) is 0 Å². The third-order valence-electron chi connectivity index (χ3n) is 12.1. The van der Waals surface area contributed by atoms with Crippen LogP contribution < -0.4 is 4.90 Å². The number of aromatic nitrogens is 1. The summed E-state index contributed by atoms with van der Waals surface area (Å²) >= 11 is 0. The van der Waals surface area contributed by atoms with Crippen molar-refractivity contribution in [1.29, 1.82) is 0 Å². The molecule has 2 heteroatoms. The van der Waals surface area contributed by atoms with Gasteiger partial charge in [-0.1, -0.05) is 152 Å². The lowest BCUT2D eigenvalue weighted by molar-refractivity contribution is 1.18. The van der Waals surface area contributed by atoms with Gasteiger partial charge in [0.2, 0.25) is 0 Å². The van der Waals surface area contributed by atoms with E-state index >= 15 is 0 Å². The Labute approximate surface area is 332 Å². The number of hydrogen-bond acceptors (Lipinski definition) is 1. The molecule has 0 saturated carbocycles. The average Bonchev–Trinajstić information content (AvgIpc) is 3.79. The van der Waals surface area contributed by atoms with Crippen molar-refractivity contribution in [2.75, 3.05) is 4.90 Å². The van der Waals surface area contributed by atoms with Gasteiger partial charge >= 0.3 is 0 Å².